The van der Waals surface area contributed by atoms with E-state index in [9.17, 15) is 4.79 Å². The molecule has 3 rings (SSSR count). The lowest BCUT2D eigenvalue weighted by molar-refractivity contribution is 0.262. The van der Waals surface area contributed by atoms with Crippen molar-refractivity contribution in [3.05, 3.63) is 63.4 Å². The quantitative estimate of drug-likeness (QED) is 0.579. The van der Waals surface area contributed by atoms with E-state index in [-0.39, 0.29) is 6.03 Å². The van der Waals surface area contributed by atoms with Crippen LogP contribution in [-0.4, -0.2) is 11.0 Å². The zero-order valence-electron chi connectivity index (χ0n) is 13.3. The molecule has 0 unspecified atom stereocenters. The molecule has 6 heteroatoms. The number of para-hydroxylation sites is 1. The Kier molecular flexibility index (Phi) is 4.97. The van der Waals surface area contributed by atoms with Crippen molar-refractivity contribution < 1.29 is 4.79 Å². The molecule has 0 spiro atoms. The average molecular weight is 402 g/mol. The molecule has 1 aromatic heterocycles. The van der Waals surface area contributed by atoms with E-state index in [1.165, 1.54) is 16.9 Å². The second-order valence-electron chi connectivity index (χ2n) is 5.42. The maximum atomic E-state index is 12.1. The summed E-state index contributed by atoms with van der Waals surface area (Å²) in [4.78, 5) is 16.6. The van der Waals surface area contributed by atoms with Gasteiger partial charge in [-0.1, -0.05) is 29.8 Å². The van der Waals surface area contributed by atoms with Crippen LogP contribution in [0.3, 0.4) is 0 Å². The highest BCUT2D eigenvalue weighted by Gasteiger charge is 2.11. The summed E-state index contributed by atoms with van der Waals surface area (Å²) in [5.74, 6) is 0. The van der Waals surface area contributed by atoms with Crippen LogP contribution in [0, 0.1) is 13.8 Å². The van der Waals surface area contributed by atoms with Gasteiger partial charge in [0.05, 0.1) is 11.4 Å². The largest absolute Gasteiger partial charge is 0.325 e. The van der Waals surface area contributed by atoms with E-state index in [0.29, 0.717) is 10.8 Å². The van der Waals surface area contributed by atoms with Gasteiger partial charge in [0.2, 0.25) is 0 Å². The van der Waals surface area contributed by atoms with Crippen LogP contribution in [0.25, 0.3) is 11.3 Å². The molecular weight excluding hydrogens is 386 g/mol. The second-order valence-corrected chi connectivity index (χ2v) is 7.13. The molecule has 122 valence electrons. The summed E-state index contributed by atoms with van der Waals surface area (Å²) in [6.45, 7) is 4.11. The van der Waals surface area contributed by atoms with Crippen LogP contribution in [0.1, 0.15) is 11.1 Å². The van der Waals surface area contributed by atoms with Crippen LogP contribution in [0.2, 0.25) is 0 Å². The minimum atomic E-state index is -0.316. The molecule has 0 aliphatic carbocycles. The minimum absolute atomic E-state index is 0.316. The van der Waals surface area contributed by atoms with Crippen LogP contribution in [-0.2, 0) is 0 Å². The molecule has 3 aromatic rings. The van der Waals surface area contributed by atoms with Crippen molar-refractivity contribution in [2.75, 3.05) is 10.6 Å². The summed E-state index contributed by atoms with van der Waals surface area (Å²) in [6.07, 6.45) is 0. The Morgan fingerprint density at radius 2 is 1.92 bits per heavy atom. The number of hydrogen-bond acceptors (Lipinski definition) is 3. The number of halogens is 1. The molecule has 0 aliphatic heterocycles. The number of carbonyl (C=O) groups is 1. The first kappa shape index (κ1) is 16.7. The summed E-state index contributed by atoms with van der Waals surface area (Å²) < 4.78 is 0.829. The molecule has 0 saturated carbocycles. The zero-order chi connectivity index (χ0) is 17.1. The summed E-state index contributed by atoms with van der Waals surface area (Å²) in [5, 5.41) is 8.10. The standard InChI is InChI=1S/C18H16BrN3OS/c1-11-7-8-12(2)13(9-11)16-10-24-18(21-16)22-17(23)20-15-6-4-3-5-14(15)19/h3-10H,1-2H3,(H2,20,21,22,23). The second kappa shape index (κ2) is 7.15. The highest BCUT2D eigenvalue weighted by atomic mass is 79.9. The van der Waals surface area contributed by atoms with Gasteiger partial charge in [-0.25, -0.2) is 9.78 Å². The third-order valence-corrected chi connectivity index (χ3v) is 4.96. The van der Waals surface area contributed by atoms with Crippen molar-refractivity contribution in [1.29, 1.82) is 0 Å². The summed E-state index contributed by atoms with van der Waals surface area (Å²) in [7, 11) is 0. The minimum Gasteiger partial charge on any atom is -0.307 e. The van der Waals surface area contributed by atoms with Crippen molar-refractivity contribution in [3.8, 4) is 11.3 Å². The highest BCUT2D eigenvalue weighted by Crippen LogP contribution is 2.28. The van der Waals surface area contributed by atoms with E-state index in [1.807, 2.05) is 29.6 Å². The lowest BCUT2D eigenvalue weighted by atomic mass is 10.0. The smallest absolute Gasteiger partial charge is 0.307 e. The predicted octanol–water partition coefficient (Wildman–Crippen LogP) is 5.83. The van der Waals surface area contributed by atoms with Gasteiger partial charge >= 0.3 is 6.03 Å². The molecular formula is C18H16BrN3OS. The number of aromatic nitrogens is 1. The molecule has 24 heavy (non-hydrogen) atoms. The average Bonchev–Trinajstić information content (AvgIpc) is 3.00. The van der Waals surface area contributed by atoms with E-state index in [0.717, 1.165) is 21.3 Å². The molecule has 2 N–H and O–H groups in total. The van der Waals surface area contributed by atoms with Gasteiger partial charge in [-0.3, -0.25) is 5.32 Å². The van der Waals surface area contributed by atoms with Crippen LogP contribution < -0.4 is 10.6 Å². The topological polar surface area (TPSA) is 54.0 Å². The SMILES string of the molecule is Cc1ccc(C)c(-c2csc(NC(=O)Nc3ccccc3Br)n2)c1. The first-order chi connectivity index (χ1) is 11.5. The first-order valence-corrected chi connectivity index (χ1v) is 9.06. The maximum Gasteiger partial charge on any atom is 0.325 e. The highest BCUT2D eigenvalue weighted by molar-refractivity contribution is 9.10. The van der Waals surface area contributed by atoms with Crippen molar-refractivity contribution in [2.45, 2.75) is 13.8 Å². The molecule has 0 aliphatic rings. The van der Waals surface area contributed by atoms with Crippen molar-refractivity contribution in [1.82, 2.24) is 4.98 Å². The molecule has 0 fully saturated rings. The molecule has 0 radical (unpaired) electrons. The van der Waals surface area contributed by atoms with Crippen molar-refractivity contribution in [3.63, 3.8) is 0 Å². The van der Waals surface area contributed by atoms with Crippen LogP contribution in [0.5, 0.6) is 0 Å². The molecule has 1 heterocycles. The Bertz CT molecular complexity index is 891. The number of aryl methyl sites for hydroxylation is 2. The molecule has 2 aromatic carbocycles. The van der Waals surface area contributed by atoms with Crippen molar-refractivity contribution >= 4 is 44.1 Å². The number of hydrogen-bond donors (Lipinski definition) is 2. The van der Waals surface area contributed by atoms with Crippen LogP contribution >= 0.6 is 27.3 Å². The van der Waals surface area contributed by atoms with Crippen LogP contribution in [0.15, 0.2) is 52.3 Å². The lowest BCUT2D eigenvalue weighted by Gasteiger charge is -2.07. The molecule has 0 bridgehead atoms. The number of anilines is 2. The third-order valence-electron chi connectivity index (χ3n) is 3.52. The third kappa shape index (κ3) is 3.83. The van der Waals surface area contributed by atoms with Gasteiger partial charge in [0.15, 0.2) is 5.13 Å². The van der Waals surface area contributed by atoms with Gasteiger partial charge in [0.1, 0.15) is 0 Å². The van der Waals surface area contributed by atoms with Gasteiger partial charge in [0.25, 0.3) is 0 Å². The van der Waals surface area contributed by atoms with Gasteiger partial charge in [-0.05, 0) is 53.5 Å². The molecule has 4 nitrogen and oxygen atoms in total. The molecule has 2 amide bonds. The van der Waals surface area contributed by atoms with Crippen molar-refractivity contribution in [2.24, 2.45) is 0 Å². The Morgan fingerprint density at radius 1 is 1.12 bits per heavy atom. The number of benzene rings is 2. The van der Waals surface area contributed by atoms with Gasteiger partial charge in [-0.2, -0.15) is 0 Å². The Labute approximate surface area is 153 Å². The van der Waals surface area contributed by atoms with Gasteiger partial charge in [-0.15, -0.1) is 11.3 Å². The number of thiazole rings is 1. The Morgan fingerprint density at radius 3 is 2.71 bits per heavy atom. The summed E-state index contributed by atoms with van der Waals surface area (Å²) >= 11 is 4.81. The molecule has 0 atom stereocenters. The number of urea groups is 1. The maximum absolute atomic E-state index is 12.1. The van der Waals surface area contributed by atoms with E-state index in [2.05, 4.69) is 63.6 Å². The predicted molar refractivity (Wildman–Crippen MR) is 104 cm³/mol. The van der Waals surface area contributed by atoms with Crippen LogP contribution in [0.4, 0.5) is 15.6 Å². The summed E-state index contributed by atoms with van der Waals surface area (Å²) in [6, 6.07) is 13.4. The van der Waals surface area contributed by atoms with Gasteiger partial charge < -0.3 is 5.32 Å². The number of amides is 2. The number of nitrogens with one attached hydrogen (secondary N) is 2. The fourth-order valence-corrected chi connectivity index (χ4v) is 3.37. The fraction of sp³-hybridized carbons (Fsp3) is 0.111. The molecule has 0 saturated heterocycles. The first-order valence-electron chi connectivity index (χ1n) is 7.38. The fourth-order valence-electron chi connectivity index (χ4n) is 2.28. The zero-order valence-corrected chi connectivity index (χ0v) is 15.7. The number of carbonyl (C=O) groups excluding carboxylic acids is 1. The van der Waals surface area contributed by atoms with E-state index in [1.54, 1.807) is 0 Å². The Balaban J connectivity index is 1.73. The lowest BCUT2D eigenvalue weighted by Crippen LogP contribution is -2.19. The normalized spacial score (nSPS) is 10.5. The number of nitrogens with zero attached hydrogens (tertiary/aromatic N) is 1. The Hall–Kier alpha value is -2.18. The van der Waals surface area contributed by atoms with Gasteiger partial charge in [0, 0.05) is 15.4 Å². The van der Waals surface area contributed by atoms with E-state index in [4.69, 9.17) is 0 Å². The van der Waals surface area contributed by atoms with E-state index >= 15 is 0 Å². The summed E-state index contributed by atoms with van der Waals surface area (Å²) in [5.41, 5.74) is 5.02. The monoisotopic (exact) mass is 401 g/mol. The van der Waals surface area contributed by atoms with E-state index < -0.39 is 0 Å². The number of rotatable bonds is 3.